The van der Waals surface area contributed by atoms with Gasteiger partial charge in [0.05, 0.1) is 6.61 Å². The third-order valence-corrected chi connectivity index (χ3v) is 3.69. The number of hydrogen-bond donors (Lipinski definition) is 1. The van der Waals surface area contributed by atoms with Gasteiger partial charge in [0, 0.05) is 35.8 Å². The molecule has 1 atom stereocenters. The van der Waals surface area contributed by atoms with E-state index in [0.29, 0.717) is 23.2 Å². The Bertz CT molecular complexity index is 388. The van der Waals surface area contributed by atoms with E-state index in [1.54, 1.807) is 6.07 Å². The molecule has 0 aromatic heterocycles. The maximum atomic E-state index is 6.26. The summed E-state index contributed by atoms with van der Waals surface area (Å²) < 4.78 is 5.41. The van der Waals surface area contributed by atoms with Crippen molar-refractivity contribution in [1.82, 2.24) is 4.90 Å². The first kappa shape index (κ1) is 16.7. The normalized spacial score (nSPS) is 12.9. The molecule has 0 spiro atoms. The molecule has 0 bridgehead atoms. The fourth-order valence-electron chi connectivity index (χ4n) is 2.10. The van der Waals surface area contributed by atoms with Crippen LogP contribution in [0.25, 0.3) is 0 Å². The fraction of sp³-hybridized carbons (Fsp3) is 0.571. The fourth-order valence-corrected chi connectivity index (χ4v) is 2.53. The van der Waals surface area contributed by atoms with Gasteiger partial charge in [-0.3, -0.25) is 4.90 Å². The molecule has 0 aliphatic heterocycles. The van der Waals surface area contributed by atoms with Crippen molar-refractivity contribution < 1.29 is 4.74 Å². The molecule has 108 valence electrons. The van der Waals surface area contributed by atoms with Gasteiger partial charge in [0.1, 0.15) is 0 Å². The Balaban J connectivity index is 2.86. The summed E-state index contributed by atoms with van der Waals surface area (Å²) in [6, 6.07) is 5.57. The molecule has 0 heterocycles. The quantitative estimate of drug-likeness (QED) is 0.749. The van der Waals surface area contributed by atoms with E-state index < -0.39 is 0 Å². The molecule has 5 heteroatoms. The molecule has 1 rings (SSSR count). The van der Waals surface area contributed by atoms with E-state index in [4.69, 9.17) is 33.7 Å². The molecule has 0 amide bonds. The van der Waals surface area contributed by atoms with E-state index in [-0.39, 0.29) is 6.04 Å². The molecule has 1 aromatic carbocycles. The van der Waals surface area contributed by atoms with Crippen LogP contribution in [0, 0.1) is 0 Å². The van der Waals surface area contributed by atoms with E-state index >= 15 is 0 Å². The van der Waals surface area contributed by atoms with Gasteiger partial charge in [-0.2, -0.15) is 0 Å². The predicted molar refractivity (Wildman–Crippen MR) is 82.0 cm³/mol. The van der Waals surface area contributed by atoms with Crippen LogP contribution < -0.4 is 5.73 Å². The van der Waals surface area contributed by atoms with Gasteiger partial charge in [-0.25, -0.2) is 0 Å². The van der Waals surface area contributed by atoms with Gasteiger partial charge in [-0.05, 0) is 37.2 Å². The van der Waals surface area contributed by atoms with Crippen LogP contribution in [0.2, 0.25) is 10.0 Å². The number of nitrogens with zero attached hydrogens (tertiary/aromatic N) is 1. The second-order valence-electron chi connectivity index (χ2n) is 4.24. The van der Waals surface area contributed by atoms with Crippen molar-refractivity contribution in [3.8, 4) is 0 Å². The molecular weight excluding hydrogens is 283 g/mol. The van der Waals surface area contributed by atoms with Crippen molar-refractivity contribution in [3.05, 3.63) is 33.8 Å². The second-order valence-corrected chi connectivity index (χ2v) is 5.09. The first-order valence-corrected chi connectivity index (χ1v) is 7.36. The van der Waals surface area contributed by atoms with E-state index in [0.717, 1.165) is 25.3 Å². The number of halogens is 2. The van der Waals surface area contributed by atoms with E-state index in [2.05, 4.69) is 11.8 Å². The van der Waals surface area contributed by atoms with Crippen LogP contribution in [0.4, 0.5) is 0 Å². The molecule has 1 unspecified atom stereocenters. The summed E-state index contributed by atoms with van der Waals surface area (Å²) in [7, 11) is 0. The molecule has 3 nitrogen and oxygen atoms in total. The van der Waals surface area contributed by atoms with Gasteiger partial charge in [0.15, 0.2) is 0 Å². The van der Waals surface area contributed by atoms with Gasteiger partial charge < -0.3 is 10.5 Å². The summed E-state index contributed by atoms with van der Waals surface area (Å²) in [4.78, 5) is 2.26. The van der Waals surface area contributed by atoms with Gasteiger partial charge in [-0.1, -0.05) is 30.1 Å². The molecule has 0 aliphatic rings. The largest absolute Gasteiger partial charge is 0.380 e. The van der Waals surface area contributed by atoms with E-state index in [1.165, 1.54) is 0 Å². The average molecular weight is 305 g/mol. The third kappa shape index (κ3) is 4.93. The Kier molecular flexibility index (Phi) is 7.73. The van der Waals surface area contributed by atoms with E-state index in [1.807, 2.05) is 19.1 Å². The topological polar surface area (TPSA) is 38.5 Å². The smallest absolute Gasteiger partial charge is 0.0593 e. The number of hydrogen-bond acceptors (Lipinski definition) is 3. The molecule has 2 N–H and O–H groups in total. The Morgan fingerprint density at radius 3 is 2.63 bits per heavy atom. The summed E-state index contributed by atoms with van der Waals surface area (Å²) in [6.07, 6.45) is 0. The maximum Gasteiger partial charge on any atom is 0.0593 e. The molecule has 0 fully saturated rings. The first-order valence-electron chi connectivity index (χ1n) is 6.60. The van der Waals surface area contributed by atoms with Crippen molar-refractivity contribution in [2.75, 3.05) is 32.8 Å². The summed E-state index contributed by atoms with van der Waals surface area (Å²) in [5, 5.41) is 1.38. The first-order chi connectivity index (χ1) is 9.13. The minimum absolute atomic E-state index is 0.0663. The van der Waals surface area contributed by atoms with Crippen LogP contribution in [0.15, 0.2) is 18.2 Å². The molecule has 1 aromatic rings. The minimum atomic E-state index is 0.0663. The summed E-state index contributed by atoms with van der Waals surface area (Å²) >= 11 is 12.3. The van der Waals surface area contributed by atoms with Crippen LogP contribution >= 0.6 is 23.2 Å². The molecule has 0 aliphatic carbocycles. The van der Waals surface area contributed by atoms with Crippen molar-refractivity contribution in [2.24, 2.45) is 5.73 Å². The summed E-state index contributed by atoms with van der Waals surface area (Å²) in [5.41, 5.74) is 6.90. The summed E-state index contributed by atoms with van der Waals surface area (Å²) in [5.74, 6) is 0. The van der Waals surface area contributed by atoms with Gasteiger partial charge in [0.25, 0.3) is 0 Å². The van der Waals surface area contributed by atoms with Crippen LogP contribution in [-0.4, -0.2) is 37.7 Å². The van der Waals surface area contributed by atoms with Crippen LogP contribution in [0.5, 0.6) is 0 Å². The highest BCUT2D eigenvalue weighted by molar-refractivity contribution is 6.33. The van der Waals surface area contributed by atoms with Crippen molar-refractivity contribution in [1.29, 1.82) is 0 Å². The Labute approximate surface area is 125 Å². The highest BCUT2D eigenvalue weighted by atomic mass is 35.5. The maximum absolute atomic E-state index is 6.26. The molecule has 0 radical (unpaired) electrons. The third-order valence-electron chi connectivity index (χ3n) is 3.11. The van der Waals surface area contributed by atoms with Crippen LogP contribution in [0.1, 0.15) is 25.5 Å². The lowest BCUT2D eigenvalue weighted by atomic mass is 10.1. The van der Waals surface area contributed by atoms with Crippen LogP contribution in [0.3, 0.4) is 0 Å². The van der Waals surface area contributed by atoms with Crippen LogP contribution in [-0.2, 0) is 4.74 Å². The number of likely N-dealkylation sites (N-methyl/N-ethyl adjacent to an activating group) is 1. The number of benzene rings is 1. The molecular formula is C14H22Cl2N2O. The standard InChI is InChI=1S/C14H22Cl2N2O/c1-3-18(7-8-19-4-2)14(10-17)12-9-11(15)5-6-13(12)16/h5-6,9,14H,3-4,7-8,10,17H2,1-2H3. The number of rotatable bonds is 8. The zero-order chi connectivity index (χ0) is 14.3. The van der Waals surface area contributed by atoms with E-state index in [9.17, 15) is 0 Å². The minimum Gasteiger partial charge on any atom is -0.380 e. The molecule has 0 saturated heterocycles. The Morgan fingerprint density at radius 2 is 2.05 bits per heavy atom. The lowest BCUT2D eigenvalue weighted by Gasteiger charge is -2.30. The second kappa shape index (κ2) is 8.77. The Morgan fingerprint density at radius 1 is 1.32 bits per heavy atom. The number of nitrogens with two attached hydrogens (primary N) is 1. The van der Waals surface area contributed by atoms with Gasteiger partial charge in [0.2, 0.25) is 0 Å². The molecule has 0 saturated carbocycles. The zero-order valence-electron chi connectivity index (χ0n) is 11.5. The lowest BCUT2D eigenvalue weighted by molar-refractivity contribution is 0.0981. The Hall–Kier alpha value is -0.320. The van der Waals surface area contributed by atoms with Crippen molar-refractivity contribution in [2.45, 2.75) is 19.9 Å². The zero-order valence-corrected chi connectivity index (χ0v) is 13.0. The highest BCUT2D eigenvalue weighted by Crippen LogP contribution is 2.29. The lowest BCUT2D eigenvalue weighted by Crippen LogP contribution is -2.36. The predicted octanol–water partition coefficient (Wildman–Crippen LogP) is 3.35. The molecule has 19 heavy (non-hydrogen) atoms. The van der Waals surface area contributed by atoms with Gasteiger partial charge in [-0.15, -0.1) is 0 Å². The van der Waals surface area contributed by atoms with Crippen molar-refractivity contribution in [3.63, 3.8) is 0 Å². The van der Waals surface area contributed by atoms with Gasteiger partial charge >= 0.3 is 0 Å². The SMILES string of the molecule is CCOCCN(CC)C(CN)c1cc(Cl)ccc1Cl. The summed E-state index contributed by atoms with van der Waals surface area (Å²) in [6.45, 7) is 7.73. The average Bonchev–Trinajstić information content (AvgIpc) is 2.41. The monoisotopic (exact) mass is 304 g/mol. The highest BCUT2D eigenvalue weighted by Gasteiger charge is 2.20. The van der Waals surface area contributed by atoms with Crippen molar-refractivity contribution >= 4 is 23.2 Å². The number of ether oxygens (including phenoxy) is 1.